The number of esters is 3. The van der Waals surface area contributed by atoms with E-state index in [9.17, 15) is 24.0 Å². The molecule has 1 heterocycles. The van der Waals surface area contributed by atoms with E-state index in [1.807, 2.05) is 14.7 Å². The maximum Gasteiger partial charge on any atom is 0.408 e. The predicted molar refractivity (Wildman–Crippen MR) is 168 cm³/mol. The van der Waals surface area contributed by atoms with Crippen molar-refractivity contribution in [2.45, 2.75) is 52.7 Å². The summed E-state index contributed by atoms with van der Waals surface area (Å²) in [7, 11) is 0. The number of hydrogen-bond donors (Lipinski definition) is 1. The van der Waals surface area contributed by atoms with Gasteiger partial charge in [-0.25, -0.2) is 4.79 Å². The van der Waals surface area contributed by atoms with Gasteiger partial charge in [0.25, 0.3) is 0 Å². The van der Waals surface area contributed by atoms with Gasteiger partial charge in [-0.1, -0.05) is 25.3 Å². The van der Waals surface area contributed by atoms with Crippen LogP contribution in [-0.4, -0.2) is 152 Å². The van der Waals surface area contributed by atoms with E-state index in [2.05, 4.69) is 18.5 Å². The first-order valence-corrected chi connectivity index (χ1v) is 15.2. The van der Waals surface area contributed by atoms with Gasteiger partial charge in [-0.2, -0.15) is 0 Å². The van der Waals surface area contributed by atoms with Crippen molar-refractivity contribution >= 4 is 29.9 Å². The summed E-state index contributed by atoms with van der Waals surface area (Å²) in [6.45, 7) is 20.1. The smallest absolute Gasteiger partial charge is 0.408 e. The minimum atomic E-state index is -0.723. The SMILES string of the molecule is C=CCOC(=O)CN1CCN(CC(=O)OC(C)(C)C)CCN(CC(=O)OCC=C)CCN(C(=O)CNC(=O)OC(C)(C)C)CC1. The van der Waals surface area contributed by atoms with Crippen LogP contribution >= 0.6 is 0 Å². The summed E-state index contributed by atoms with van der Waals surface area (Å²) in [6, 6.07) is 0. The van der Waals surface area contributed by atoms with Crippen molar-refractivity contribution in [3.8, 4) is 0 Å². The number of hydrogen-bond acceptors (Lipinski definition) is 12. The Hall–Kier alpha value is -3.49. The number of ether oxygens (including phenoxy) is 4. The largest absolute Gasteiger partial charge is 0.461 e. The van der Waals surface area contributed by atoms with Crippen molar-refractivity contribution in [3.05, 3.63) is 25.3 Å². The van der Waals surface area contributed by atoms with Crippen LogP contribution < -0.4 is 5.32 Å². The van der Waals surface area contributed by atoms with Crippen LogP contribution in [-0.2, 0) is 38.1 Å². The Morgan fingerprint density at radius 1 is 0.622 bits per heavy atom. The zero-order chi connectivity index (χ0) is 34.0. The van der Waals surface area contributed by atoms with Gasteiger partial charge in [0.15, 0.2) is 0 Å². The highest BCUT2D eigenvalue weighted by Gasteiger charge is 2.25. The lowest BCUT2D eigenvalue weighted by molar-refractivity contribution is -0.156. The molecule has 45 heavy (non-hydrogen) atoms. The van der Waals surface area contributed by atoms with E-state index in [0.717, 1.165) is 0 Å². The molecule has 2 amide bonds. The average Bonchev–Trinajstić information content (AvgIpc) is 2.91. The van der Waals surface area contributed by atoms with Gasteiger partial charge in [0.1, 0.15) is 31.0 Å². The Kier molecular flexibility index (Phi) is 17.4. The van der Waals surface area contributed by atoms with Crippen LogP contribution in [0.3, 0.4) is 0 Å². The summed E-state index contributed by atoms with van der Waals surface area (Å²) in [4.78, 5) is 70.3. The van der Waals surface area contributed by atoms with Crippen molar-refractivity contribution in [2.75, 3.05) is 91.8 Å². The number of nitrogens with zero attached hydrogens (tertiary/aromatic N) is 4. The normalized spacial score (nSPS) is 16.4. The molecule has 0 atom stereocenters. The first-order valence-electron chi connectivity index (χ1n) is 15.2. The zero-order valence-corrected chi connectivity index (χ0v) is 27.9. The van der Waals surface area contributed by atoms with E-state index in [1.54, 1.807) is 46.4 Å². The second kappa shape index (κ2) is 19.8. The molecule has 14 heteroatoms. The second-order valence-corrected chi connectivity index (χ2v) is 12.6. The molecule has 0 saturated carbocycles. The van der Waals surface area contributed by atoms with Gasteiger partial charge < -0.3 is 29.2 Å². The Bertz CT molecular complexity index is 964. The molecule has 0 radical (unpaired) electrons. The van der Waals surface area contributed by atoms with Crippen LogP contribution in [0, 0.1) is 0 Å². The van der Waals surface area contributed by atoms with Gasteiger partial charge in [-0.3, -0.25) is 33.9 Å². The Balaban J connectivity index is 3.18. The molecule has 256 valence electrons. The van der Waals surface area contributed by atoms with Gasteiger partial charge in [0.05, 0.1) is 19.6 Å². The summed E-state index contributed by atoms with van der Waals surface area (Å²) in [6.07, 6.45) is 2.25. The van der Waals surface area contributed by atoms with Crippen LogP contribution in [0.2, 0.25) is 0 Å². The highest BCUT2D eigenvalue weighted by atomic mass is 16.6. The lowest BCUT2D eigenvalue weighted by Crippen LogP contribution is -2.51. The number of nitrogens with one attached hydrogen (secondary N) is 1. The minimum absolute atomic E-state index is 0.0156. The molecule has 14 nitrogen and oxygen atoms in total. The maximum absolute atomic E-state index is 13.3. The molecule has 1 aliphatic rings. The second-order valence-electron chi connectivity index (χ2n) is 12.6. The quantitative estimate of drug-likeness (QED) is 0.185. The molecule has 0 aromatic heterocycles. The number of rotatable bonds is 12. The molecule has 1 N–H and O–H groups in total. The third kappa shape index (κ3) is 19.5. The van der Waals surface area contributed by atoms with Crippen LogP contribution in [0.25, 0.3) is 0 Å². The molecule has 0 unspecified atom stereocenters. The highest BCUT2D eigenvalue weighted by molar-refractivity contribution is 5.82. The monoisotopic (exact) mass is 639 g/mol. The molecular weight excluding hydrogens is 586 g/mol. The summed E-state index contributed by atoms with van der Waals surface area (Å²) >= 11 is 0. The molecule has 1 aliphatic heterocycles. The summed E-state index contributed by atoms with van der Waals surface area (Å²) in [5, 5.41) is 2.50. The van der Waals surface area contributed by atoms with Crippen molar-refractivity contribution in [1.82, 2.24) is 24.9 Å². The van der Waals surface area contributed by atoms with Gasteiger partial charge in [-0.05, 0) is 41.5 Å². The third-order valence-electron chi connectivity index (χ3n) is 6.18. The van der Waals surface area contributed by atoms with Crippen molar-refractivity contribution < 1.29 is 42.9 Å². The topological polar surface area (TPSA) is 147 Å². The Morgan fingerprint density at radius 2 is 1.00 bits per heavy atom. The van der Waals surface area contributed by atoms with Crippen molar-refractivity contribution in [2.24, 2.45) is 0 Å². The molecular formula is C31H53N5O9. The van der Waals surface area contributed by atoms with E-state index >= 15 is 0 Å². The van der Waals surface area contributed by atoms with Crippen molar-refractivity contribution in [3.63, 3.8) is 0 Å². The number of carbonyl (C=O) groups is 5. The lowest BCUT2D eigenvalue weighted by atomic mass is 10.2. The van der Waals surface area contributed by atoms with Crippen LogP contribution in [0.1, 0.15) is 41.5 Å². The summed E-state index contributed by atoms with van der Waals surface area (Å²) in [5.41, 5.74) is -1.38. The Morgan fingerprint density at radius 3 is 1.38 bits per heavy atom. The molecule has 0 spiro atoms. The first-order chi connectivity index (χ1) is 21.0. The van der Waals surface area contributed by atoms with E-state index < -0.39 is 35.2 Å². The first kappa shape index (κ1) is 39.5. The van der Waals surface area contributed by atoms with Crippen molar-refractivity contribution in [1.29, 1.82) is 0 Å². The zero-order valence-electron chi connectivity index (χ0n) is 27.9. The predicted octanol–water partition coefficient (Wildman–Crippen LogP) is 1.06. The van der Waals surface area contributed by atoms with Gasteiger partial charge >= 0.3 is 24.0 Å². The Labute approximate surface area is 267 Å². The molecule has 0 aliphatic carbocycles. The van der Waals surface area contributed by atoms with Gasteiger partial charge in [-0.15, -0.1) is 0 Å². The number of carbonyl (C=O) groups excluding carboxylic acids is 5. The van der Waals surface area contributed by atoms with Crippen LogP contribution in [0.15, 0.2) is 25.3 Å². The van der Waals surface area contributed by atoms with E-state index in [4.69, 9.17) is 18.9 Å². The van der Waals surface area contributed by atoms with Crippen LogP contribution in [0.5, 0.6) is 0 Å². The molecule has 0 aromatic rings. The number of amides is 2. The molecule has 1 saturated heterocycles. The molecule has 0 aromatic carbocycles. The third-order valence-corrected chi connectivity index (χ3v) is 6.18. The molecule has 0 bridgehead atoms. The van der Waals surface area contributed by atoms with Gasteiger partial charge in [0, 0.05) is 52.4 Å². The highest BCUT2D eigenvalue weighted by Crippen LogP contribution is 2.09. The van der Waals surface area contributed by atoms with Gasteiger partial charge in [0.2, 0.25) is 5.91 Å². The fourth-order valence-corrected chi connectivity index (χ4v) is 4.15. The van der Waals surface area contributed by atoms with E-state index in [1.165, 1.54) is 12.2 Å². The fraction of sp³-hybridized carbons (Fsp3) is 0.710. The van der Waals surface area contributed by atoms with E-state index in [-0.39, 0.29) is 58.4 Å². The van der Waals surface area contributed by atoms with E-state index in [0.29, 0.717) is 39.3 Å². The maximum atomic E-state index is 13.3. The minimum Gasteiger partial charge on any atom is -0.461 e. The molecule has 1 rings (SSSR count). The standard InChI is InChI=1S/C31H53N5O9/c1-9-19-42-26(38)22-34-13-11-33(24-28(40)44-30(3,4)5)12-14-35(23-27(39)43-20-10-2)16-18-36(17-15-34)25(37)21-32-29(41)45-31(6,7)8/h9-10H,1-2,11-24H2,3-8H3,(H,32,41). The lowest BCUT2D eigenvalue weighted by Gasteiger charge is -2.34. The fourth-order valence-electron chi connectivity index (χ4n) is 4.15. The summed E-state index contributed by atoms with van der Waals surface area (Å²) in [5.74, 6) is -1.64. The molecule has 1 fully saturated rings. The summed E-state index contributed by atoms with van der Waals surface area (Å²) < 4.78 is 21.2. The number of alkyl carbamates (subject to hydrolysis) is 1. The average molecular weight is 640 g/mol. The van der Waals surface area contributed by atoms with Crippen LogP contribution in [0.4, 0.5) is 4.79 Å².